The lowest BCUT2D eigenvalue weighted by atomic mass is 9.90. The third-order valence-corrected chi connectivity index (χ3v) is 2.42. The first-order valence-electron chi connectivity index (χ1n) is 5.43. The quantitative estimate of drug-likeness (QED) is 0.775. The van der Waals surface area contributed by atoms with Gasteiger partial charge in [-0.15, -0.1) is 0 Å². The molecule has 16 heavy (non-hydrogen) atoms. The first kappa shape index (κ1) is 12.7. The SMILES string of the molecule is CC(C)(CN)CC(=O)OCc1ccccc1. The second-order valence-corrected chi connectivity index (χ2v) is 4.69. The molecule has 1 aromatic carbocycles. The minimum Gasteiger partial charge on any atom is -0.461 e. The molecule has 0 heterocycles. The number of carbonyl (C=O) groups is 1. The highest BCUT2D eigenvalue weighted by Crippen LogP contribution is 2.18. The Kier molecular flexibility index (Phi) is 4.50. The maximum Gasteiger partial charge on any atom is 0.306 e. The molecule has 0 fully saturated rings. The highest BCUT2D eigenvalue weighted by molar-refractivity contribution is 5.70. The Bertz CT molecular complexity index is 333. The Hall–Kier alpha value is -1.35. The molecule has 1 rings (SSSR count). The zero-order valence-corrected chi connectivity index (χ0v) is 9.90. The molecule has 1 aromatic rings. The van der Waals surface area contributed by atoms with Gasteiger partial charge in [-0.05, 0) is 17.5 Å². The average Bonchev–Trinajstić information content (AvgIpc) is 2.27. The van der Waals surface area contributed by atoms with E-state index in [4.69, 9.17) is 10.5 Å². The molecule has 0 radical (unpaired) electrons. The molecular weight excluding hydrogens is 202 g/mol. The molecular formula is C13H19NO2. The van der Waals surface area contributed by atoms with Gasteiger partial charge in [-0.3, -0.25) is 4.79 Å². The van der Waals surface area contributed by atoms with Crippen LogP contribution in [0.1, 0.15) is 25.8 Å². The molecule has 0 bridgehead atoms. The van der Waals surface area contributed by atoms with Gasteiger partial charge >= 0.3 is 5.97 Å². The van der Waals surface area contributed by atoms with E-state index >= 15 is 0 Å². The summed E-state index contributed by atoms with van der Waals surface area (Å²) in [6.07, 6.45) is 0.357. The third kappa shape index (κ3) is 4.45. The predicted molar refractivity (Wildman–Crippen MR) is 63.7 cm³/mol. The normalized spacial score (nSPS) is 11.2. The molecule has 0 saturated carbocycles. The minimum atomic E-state index is -0.195. The van der Waals surface area contributed by atoms with Crippen LogP contribution in [0.25, 0.3) is 0 Å². The van der Waals surface area contributed by atoms with Crippen molar-refractivity contribution in [2.75, 3.05) is 6.54 Å². The van der Waals surface area contributed by atoms with E-state index in [9.17, 15) is 4.79 Å². The molecule has 3 nitrogen and oxygen atoms in total. The second-order valence-electron chi connectivity index (χ2n) is 4.69. The summed E-state index contributed by atoms with van der Waals surface area (Å²) in [7, 11) is 0. The van der Waals surface area contributed by atoms with Gasteiger partial charge in [0.1, 0.15) is 6.61 Å². The summed E-state index contributed by atoms with van der Waals surface area (Å²) >= 11 is 0. The molecule has 0 spiro atoms. The first-order chi connectivity index (χ1) is 7.53. The summed E-state index contributed by atoms with van der Waals surface area (Å²) in [4.78, 5) is 11.5. The minimum absolute atomic E-state index is 0.187. The number of ether oxygens (including phenoxy) is 1. The van der Waals surface area contributed by atoms with E-state index in [-0.39, 0.29) is 11.4 Å². The van der Waals surface area contributed by atoms with E-state index in [1.54, 1.807) is 0 Å². The maximum atomic E-state index is 11.5. The van der Waals surface area contributed by atoms with Crippen LogP contribution in [0.15, 0.2) is 30.3 Å². The number of esters is 1. The third-order valence-electron chi connectivity index (χ3n) is 2.42. The fraction of sp³-hybridized carbons (Fsp3) is 0.462. The first-order valence-corrected chi connectivity index (χ1v) is 5.43. The van der Waals surface area contributed by atoms with Gasteiger partial charge in [0, 0.05) is 0 Å². The van der Waals surface area contributed by atoms with Gasteiger partial charge in [0.05, 0.1) is 6.42 Å². The van der Waals surface area contributed by atoms with Crippen LogP contribution in [0.3, 0.4) is 0 Å². The lowest BCUT2D eigenvalue weighted by molar-refractivity contribution is -0.147. The zero-order chi connectivity index (χ0) is 12.0. The van der Waals surface area contributed by atoms with Crippen molar-refractivity contribution in [2.24, 2.45) is 11.1 Å². The van der Waals surface area contributed by atoms with Gasteiger partial charge in [0.2, 0.25) is 0 Å². The van der Waals surface area contributed by atoms with Gasteiger partial charge in [0.25, 0.3) is 0 Å². The Morgan fingerprint density at radius 1 is 1.31 bits per heavy atom. The van der Waals surface area contributed by atoms with Crippen LogP contribution in [0, 0.1) is 5.41 Å². The highest BCUT2D eigenvalue weighted by Gasteiger charge is 2.20. The van der Waals surface area contributed by atoms with E-state index in [0.29, 0.717) is 19.6 Å². The molecule has 2 N–H and O–H groups in total. The standard InChI is InChI=1S/C13H19NO2/c1-13(2,10-14)8-12(15)16-9-11-6-4-3-5-7-11/h3-7H,8-10,14H2,1-2H3. The fourth-order valence-corrected chi connectivity index (χ4v) is 1.25. The topological polar surface area (TPSA) is 52.3 Å². The van der Waals surface area contributed by atoms with Crippen molar-refractivity contribution in [1.82, 2.24) is 0 Å². The Labute approximate surface area is 96.6 Å². The molecule has 88 valence electrons. The zero-order valence-electron chi connectivity index (χ0n) is 9.90. The van der Waals surface area contributed by atoms with Crippen LogP contribution < -0.4 is 5.73 Å². The van der Waals surface area contributed by atoms with Gasteiger partial charge in [-0.25, -0.2) is 0 Å². The van der Waals surface area contributed by atoms with Crippen molar-refractivity contribution >= 4 is 5.97 Å². The average molecular weight is 221 g/mol. The smallest absolute Gasteiger partial charge is 0.306 e. The summed E-state index contributed by atoms with van der Waals surface area (Å²) in [5, 5.41) is 0. The summed E-state index contributed by atoms with van der Waals surface area (Å²) in [5.41, 5.74) is 6.37. The number of rotatable bonds is 5. The number of carbonyl (C=O) groups excluding carboxylic acids is 1. The summed E-state index contributed by atoms with van der Waals surface area (Å²) in [5.74, 6) is -0.195. The number of hydrogen-bond acceptors (Lipinski definition) is 3. The van der Waals surface area contributed by atoms with Gasteiger partial charge < -0.3 is 10.5 Å². The van der Waals surface area contributed by atoms with E-state index in [1.165, 1.54) is 0 Å². The Balaban J connectivity index is 2.36. The van der Waals surface area contributed by atoms with Gasteiger partial charge in [-0.1, -0.05) is 44.2 Å². The van der Waals surface area contributed by atoms with E-state index in [0.717, 1.165) is 5.56 Å². The summed E-state index contributed by atoms with van der Waals surface area (Å²) < 4.78 is 5.17. The van der Waals surface area contributed by atoms with Gasteiger partial charge in [-0.2, -0.15) is 0 Å². The van der Waals surface area contributed by atoms with Crippen LogP contribution in [-0.4, -0.2) is 12.5 Å². The van der Waals surface area contributed by atoms with Crippen molar-refractivity contribution in [3.8, 4) is 0 Å². The van der Waals surface area contributed by atoms with Crippen molar-refractivity contribution in [3.05, 3.63) is 35.9 Å². The highest BCUT2D eigenvalue weighted by atomic mass is 16.5. The van der Waals surface area contributed by atoms with E-state index in [1.807, 2.05) is 44.2 Å². The largest absolute Gasteiger partial charge is 0.461 e. The van der Waals surface area contributed by atoms with Gasteiger partial charge in [0.15, 0.2) is 0 Å². The van der Waals surface area contributed by atoms with Crippen molar-refractivity contribution < 1.29 is 9.53 Å². The molecule has 3 heteroatoms. The van der Waals surface area contributed by atoms with Crippen LogP contribution in [-0.2, 0) is 16.1 Å². The van der Waals surface area contributed by atoms with Crippen molar-refractivity contribution in [2.45, 2.75) is 26.9 Å². The van der Waals surface area contributed by atoms with Crippen molar-refractivity contribution in [1.29, 1.82) is 0 Å². The molecule has 0 saturated heterocycles. The Morgan fingerprint density at radius 2 is 1.94 bits per heavy atom. The van der Waals surface area contributed by atoms with Crippen LogP contribution >= 0.6 is 0 Å². The van der Waals surface area contributed by atoms with Crippen LogP contribution in [0.5, 0.6) is 0 Å². The second kappa shape index (κ2) is 5.66. The molecule has 0 aliphatic carbocycles. The fourth-order valence-electron chi connectivity index (χ4n) is 1.25. The van der Waals surface area contributed by atoms with E-state index < -0.39 is 0 Å². The monoisotopic (exact) mass is 221 g/mol. The molecule has 0 unspecified atom stereocenters. The molecule has 0 aromatic heterocycles. The Morgan fingerprint density at radius 3 is 2.50 bits per heavy atom. The number of nitrogens with two attached hydrogens (primary N) is 1. The predicted octanol–water partition coefficient (Wildman–Crippen LogP) is 2.10. The lowest BCUT2D eigenvalue weighted by Crippen LogP contribution is -2.27. The summed E-state index contributed by atoms with van der Waals surface area (Å²) in [6, 6.07) is 9.64. The number of hydrogen-bond donors (Lipinski definition) is 1. The number of benzene rings is 1. The molecule has 0 atom stereocenters. The maximum absolute atomic E-state index is 11.5. The molecule has 0 aliphatic rings. The molecule has 0 amide bonds. The van der Waals surface area contributed by atoms with Crippen LogP contribution in [0.2, 0.25) is 0 Å². The molecule has 0 aliphatic heterocycles. The summed E-state index contributed by atoms with van der Waals surface area (Å²) in [6.45, 7) is 4.72. The van der Waals surface area contributed by atoms with Crippen LogP contribution in [0.4, 0.5) is 0 Å². The lowest BCUT2D eigenvalue weighted by Gasteiger charge is -2.20. The van der Waals surface area contributed by atoms with E-state index in [2.05, 4.69) is 0 Å². The van der Waals surface area contributed by atoms with Crippen molar-refractivity contribution in [3.63, 3.8) is 0 Å².